The van der Waals surface area contributed by atoms with Crippen LogP contribution < -0.4 is 0 Å². The summed E-state index contributed by atoms with van der Waals surface area (Å²) in [6, 6.07) is 6.78. The minimum atomic E-state index is -3.16. The van der Waals surface area contributed by atoms with Gasteiger partial charge in [0.15, 0.2) is 9.84 Å². The molecule has 1 aromatic heterocycles. The maximum Gasteiger partial charge on any atom is 0.175 e. The van der Waals surface area contributed by atoms with Crippen molar-refractivity contribution >= 4 is 21.2 Å². The van der Waals surface area contributed by atoms with E-state index in [1.165, 1.54) is 6.26 Å². The first-order valence-corrected chi connectivity index (χ1v) is 8.38. The fourth-order valence-corrected chi connectivity index (χ4v) is 3.34. The number of methoxy groups -OCH3 is 1. The highest BCUT2D eigenvalue weighted by molar-refractivity contribution is 7.90. The van der Waals surface area contributed by atoms with Crippen molar-refractivity contribution in [3.05, 3.63) is 34.2 Å². The van der Waals surface area contributed by atoms with E-state index < -0.39 is 9.84 Å². The zero-order chi connectivity index (χ0) is 14.0. The van der Waals surface area contributed by atoms with Crippen LogP contribution in [-0.4, -0.2) is 26.8 Å². The Morgan fingerprint density at radius 2 is 1.89 bits per heavy atom. The Morgan fingerprint density at radius 3 is 2.42 bits per heavy atom. The van der Waals surface area contributed by atoms with Crippen molar-refractivity contribution in [1.29, 1.82) is 0 Å². The summed E-state index contributed by atoms with van der Waals surface area (Å²) >= 11 is 1.59. The second kappa shape index (κ2) is 5.40. The van der Waals surface area contributed by atoms with Crippen LogP contribution in [-0.2, 0) is 21.2 Å². The minimum Gasteiger partial charge on any atom is -0.379 e. The van der Waals surface area contributed by atoms with Crippen LogP contribution in [0.25, 0.3) is 11.3 Å². The molecule has 0 unspecified atom stereocenters. The number of ether oxygens (including phenoxy) is 1. The van der Waals surface area contributed by atoms with Gasteiger partial charge in [-0.1, -0.05) is 12.1 Å². The summed E-state index contributed by atoms with van der Waals surface area (Å²) in [5, 5.41) is 0.967. The van der Waals surface area contributed by atoms with Crippen LogP contribution in [0, 0.1) is 6.92 Å². The summed E-state index contributed by atoms with van der Waals surface area (Å²) in [5.41, 5.74) is 1.77. The Hall–Kier alpha value is -1.24. The molecule has 0 N–H and O–H groups in total. The van der Waals surface area contributed by atoms with E-state index in [1.54, 1.807) is 42.7 Å². The van der Waals surface area contributed by atoms with Gasteiger partial charge in [-0.15, -0.1) is 11.3 Å². The third-order valence-electron chi connectivity index (χ3n) is 2.64. The van der Waals surface area contributed by atoms with Crippen molar-refractivity contribution in [2.45, 2.75) is 18.4 Å². The summed E-state index contributed by atoms with van der Waals surface area (Å²) in [5.74, 6) is 0. The molecule has 0 aliphatic carbocycles. The molecule has 0 fully saturated rings. The zero-order valence-corrected chi connectivity index (χ0v) is 12.6. The monoisotopic (exact) mass is 297 g/mol. The van der Waals surface area contributed by atoms with Gasteiger partial charge in [-0.3, -0.25) is 0 Å². The van der Waals surface area contributed by atoms with Crippen LogP contribution in [0.4, 0.5) is 0 Å². The number of thiazole rings is 1. The molecular formula is C13H15NO3S2. The lowest BCUT2D eigenvalue weighted by Gasteiger charge is -2.03. The molecule has 0 bridgehead atoms. The van der Waals surface area contributed by atoms with Crippen LogP contribution in [0.3, 0.4) is 0 Å². The van der Waals surface area contributed by atoms with E-state index in [4.69, 9.17) is 4.74 Å². The maximum absolute atomic E-state index is 11.4. The van der Waals surface area contributed by atoms with Gasteiger partial charge in [0, 0.05) is 18.9 Å². The Balaban J connectivity index is 2.42. The molecule has 0 radical (unpaired) electrons. The number of aromatic nitrogens is 1. The molecule has 0 amide bonds. The Kier molecular flexibility index (Phi) is 4.03. The number of benzene rings is 1. The highest BCUT2D eigenvalue weighted by atomic mass is 32.2. The lowest BCUT2D eigenvalue weighted by atomic mass is 10.1. The number of rotatable bonds is 4. The Labute approximate surface area is 117 Å². The van der Waals surface area contributed by atoms with E-state index in [1.807, 2.05) is 6.92 Å². The largest absolute Gasteiger partial charge is 0.379 e. The normalized spacial score (nSPS) is 11.7. The molecule has 0 aliphatic heterocycles. The average molecular weight is 297 g/mol. The molecule has 0 saturated carbocycles. The SMILES string of the molecule is COCc1sc(C)nc1-c1ccc(S(C)(=O)=O)cc1. The van der Waals surface area contributed by atoms with Crippen LogP contribution >= 0.6 is 11.3 Å². The second-order valence-electron chi connectivity index (χ2n) is 4.23. The van der Waals surface area contributed by atoms with Gasteiger partial charge in [-0.2, -0.15) is 0 Å². The number of nitrogens with zero attached hydrogens (tertiary/aromatic N) is 1. The first kappa shape index (κ1) is 14.2. The van der Waals surface area contributed by atoms with Gasteiger partial charge in [0.1, 0.15) is 0 Å². The highest BCUT2D eigenvalue weighted by Crippen LogP contribution is 2.29. The number of hydrogen-bond donors (Lipinski definition) is 0. The van der Waals surface area contributed by atoms with E-state index in [0.29, 0.717) is 11.5 Å². The van der Waals surface area contributed by atoms with Gasteiger partial charge in [-0.25, -0.2) is 13.4 Å². The summed E-state index contributed by atoms with van der Waals surface area (Å²) in [4.78, 5) is 5.84. The fraction of sp³-hybridized carbons (Fsp3) is 0.308. The van der Waals surface area contributed by atoms with Crippen LogP contribution in [0.1, 0.15) is 9.88 Å². The van der Waals surface area contributed by atoms with E-state index >= 15 is 0 Å². The van der Waals surface area contributed by atoms with Crippen LogP contribution in [0.2, 0.25) is 0 Å². The Bertz CT molecular complexity index is 672. The maximum atomic E-state index is 11.4. The lowest BCUT2D eigenvalue weighted by molar-refractivity contribution is 0.188. The van der Waals surface area contributed by atoms with Gasteiger partial charge < -0.3 is 4.74 Å². The topological polar surface area (TPSA) is 56.3 Å². The van der Waals surface area contributed by atoms with Crippen molar-refractivity contribution in [2.24, 2.45) is 0 Å². The zero-order valence-electron chi connectivity index (χ0n) is 11.0. The third-order valence-corrected chi connectivity index (χ3v) is 4.71. The summed E-state index contributed by atoms with van der Waals surface area (Å²) in [7, 11) is -1.51. The molecule has 102 valence electrons. The predicted octanol–water partition coefficient (Wildman–Crippen LogP) is 2.67. The first-order chi connectivity index (χ1) is 8.91. The highest BCUT2D eigenvalue weighted by Gasteiger charge is 2.12. The Morgan fingerprint density at radius 1 is 1.26 bits per heavy atom. The van der Waals surface area contributed by atoms with Crippen molar-refractivity contribution < 1.29 is 13.2 Å². The van der Waals surface area contributed by atoms with Crippen molar-refractivity contribution in [3.63, 3.8) is 0 Å². The van der Waals surface area contributed by atoms with E-state index in [0.717, 1.165) is 21.1 Å². The predicted molar refractivity (Wildman–Crippen MR) is 76.1 cm³/mol. The lowest BCUT2D eigenvalue weighted by Crippen LogP contribution is -1.96. The number of hydrogen-bond acceptors (Lipinski definition) is 5. The first-order valence-electron chi connectivity index (χ1n) is 5.67. The third kappa shape index (κ3) is 3.20. The minimum absolute atomic E-state index is 0.316. The molecule has 4 nitrogen and oxygen atoms in total. The quantitative estimate of drug-likeness (QED) is 0.870. The second-order valence-corrected chi connectivity index (χ2v) is 7.54. The molecular weight excluding hydrogens is 282 g/mol. The molecule has 6 heteroatoms. The number of sulfone groups is 1. The summed E-state index contributed by atoms with van der Waals surface area (Å²) in [6.07, 6.45) is 1.20. The van der Waals surface area contributed by atoms with E-state index in [2.05, 4.69) is 4.98 Å². The molecule has 2 rings (SSSR count). The molecule has 0 atom stereocenters. The van der Waals surface area contributed by atoms with E-state index in [-0.39, 0.29) is 0 Å². The van der Waals surface area contributed by atoms with Gasteiger partial charge in [-0.05, 0) is 19.1 Å². The van der Waals surface area contributed by atoms with Crippen LogP contribution in [0.5, 0.6) is 0 Å². The average Bonchev–Trinajstić information content (AvgIpc) is 2.70. The number of aryl methyl sites for hydroxylation is 1. The van der Waals surface area contributed by atoms with Gasteiger partial charge >= 0.3 is 0 Å². The summed E-state index contributed by atoms with van der Waals surface area (Å²) in [6.45, 7) is 2.45. The van der Waals surface area contributed by atoms with Crippen LogP contribution in [0.15, 0.2) is 29.2 Å². The molecule has 0 saturated heterocycles. The molecule has 0 spiro atoms. The van der Waals surface area contributed by atoms with Crippen molar-refractivity contribution in [3.8, 4) is 11.3 Å². The smallest absolute Gasteiger partial charge is 0.175 e. The van der Waals surface area contributed by atoms with Crippen molar-refractivity contribution in [2.75, 3.05) is 13.4 Å². The van der Waals surface area contributed by atoms with E-state index in [9.17, 15) is 8.42 Å². The molecule has 2 aromatic rings. The molecule has 19 heavy (non-hydrogen) atoms. The fourth-order valence-electron chi connectivity index (χ4n) is 1.78. The molecule has 0 aliphatic rings. The standard InChI is InChI=1S/C13H15NO3S2/c1-9-14-13(12(18-9)8-17-2)10-4-6-11(7-5-10)19(3,15)16/h4-7H,8H2,1-3H3. The molecule has 1 aromatic carbocycles. The molecule has 1 heterocycles. The van der Waals surface area contributed by atoms with Gasteiger partial charge in [0.05, 0.1) is 27.1 Å². The van der Waals surface area contributed by atoms with Crippen molar-refractivity contribution in [1.82, 2.24) is 4.98 Å². The summed E-state index contributed by atoms with van der Waals surface area (Å²) < 4.78 is 28.0. The van der Waals surface area contributed by atoms with Gasteiger partial charge in [0.25, 0.3) is 0 Å². The van der Waals surface area contributed by atoms with Gasteiger partial charge in [0.2, 0.25) is 0 Å².